The van der Waals surface area contributed by atoms with Gasteiger partial charge >= 0.3 is 0 Å². The van der Waals surface area contributed by atoms with E-state index in [1.165, 1.54) is 12.1 Å². The molecular formula is C36H26Cl4N4O4. The number of nitrogens with zero attached hydrogens (tertiary/aromatic N) is 4. The predicted octanol–water partition coefficient (Wildman–Crippen LogP) is 7.36. The molecule has 0 bridgehead atoms. The molecule has 4 aliphatic heterocycles. The maximum Gasteiger partial charge on any atom is 0.253 e. The Kier molecular flexibility index (Phi) is 7.49. The van der Waals surface area contributed by atoms with Crippen LogP contribution in [0.5, 0.6) is 0 Å². The lowest BCUT2D eigenvalue weighted by molar-refractivity contribution is -0.136. The molecule has 242 valence electrons. The van der Waals surface area contributed by atoms with Crippen LogP contribution in [0.25, 0.3) is 0 Å². The summed E-state index contributed by atoms with van der Waals surface area (Å²) < 4.78 is 0. The van der Waals surface area contributed by atoms with Gasteiger partial charge in [0.2, 0.25) is 11.8 Å². The van der Waals surface area contributed by atoms with Gasteiger partial charge in [-0.05, 0) is 61.4 Å². The Morgan fingerprint density at radius 2 is 0.792 bits per heavy atom. The first kappa shape index (κ1) is 31.5. The minimum Gasteiger partial charge on any atom is -0.274 e. The van der Waals surface area contributed by atoms with E-state index in [0.717, 1.165) is 32.1 Å². The molecule has 0 saturated carbocycles. The molecule has 4 aromatic rings. The van der Waals surface area contributed by atoms with Crippen LogP contribution in [0.4, 0.5) is 11.4 Å². The van der Waals surface area contributed by atoms with Crippen LogP contribution in [0.1, 0.15) is 34.3 Å². The number of hydrazine groups is 1. The summed E-state index contributed by atoms with van der Waals surface area (Å²) in [4.78, 5) is 60.6. The molecule has 12 heteroatoms. The monoisotopic (exact) mass is 718 g/mol. The van der Waals surface area contributed by atoms with Crippen LogP contribution in [0, 0.1) is 25.7 Å². The van der Waals surface area contributed by atoms with Crippen molar-refractivity contribution in [2.75, 3.05) is 9.80 Å². The maximum atomic E-state index is 14.6. The molecule has 4 aromatic carbocycles. The Morgan fingerprint density at radius 1 is 0.438 bits per heavy atom. The Hall–Kier alpha value is -3.76. The van der Waals surface area contributed by atoms with Gasteiger partial charge in [-0.15, -0.1) is 0 Å². The smallest absolute Gasteiger partial charge is 0.253 e. The first-order valence-corrected chi connectivity index (χ1v) is 16.8. The van der Waals surface area contributed by atoms with E-state index in [1.54, 1.807) is 24.3 Å². The standard InChI is InChI=1S/C36H26Cl4N4O4/c1-17-3-7-19(8-4-17)29-27-31(35(47)41(33(27)45)21-11-13-23(37)25(39)15-21)44-30(20-9-5-18(2)6-10-20)28-32(43(29)44)36(48)42(34(28)46)22-12-14-24(38)26(40)16-22/h3-16,27-32H,1-2H3. The van der Waals surface area contributed by atoms with E-state index in [0.29, 0.717) is 21.4 Å². The number of hydrogen-bond acceptors (Lipinski definition) is 6. The van der Waals surface area contributed by atoms with Crippen molar-refractivity contribution in [3.8, 4) is 0 Å². The number of benzene rings is 4. The molecule has 4 heterocycles. The lowest BCUT2D eigenvalue weighted by atomic mass is 9.84. The molecule has 6 unspecified atom stereocenters. The van der Waals surface area contributed by atoms with Crippen LogP contribution in [-0.2, 0) is 19.2 Å². The number of halogens is 4. The van der Waals surface area contributed by atoms with Gasteiger partial charge in [-0.3, -0.25) is 19.2 Å². The van der Waals surface area contributed by atoms with E-state index in [4.69, 9.17) is 46.4 Å². The Balaban J connectivity index is 1.33. The van der Waals surface area contributed by atoms with E-state index >= 15 is 0 Å². The first-order valence-electron chi connectivity index (χ1n) is 15.3. The highest BCUT2D eigenvalue weighted by molar-refractivity contribution is 6.43. The largest absolute Gasteiger partial charge is 0.274 e. The zero-order chi connectivity index (χ0) is 33.8. The maximum absolute atomic E-state index is 14.6. The quantitative estimate of drug-likeness (QED) is 0.205. The Labute approximate surface area is 296 Å². The molecular weight excluding hydrogens is 694 g/mol. The van der Waals surface area contributed by atoms with Crippen molar-refractivity contribution < 1.29 is 19.2 Å². The summed E-state index contributed by atoms with van der Waals surface area (Å²) in [5, 5.41) is 4.65. The number of rotatable bonds is 4. The van der Waals surface area contributed by atoms with Gasteiger partial charge in [0.25, 0.3) is 11.8 Å². The van der Waals surface area contributed by atoms with Gasteiger partial charge in [0, 0.05) is 0 Å². The number of imide groups is 2. The zero-order valence-electron chi connectivity index (χ0n) is 25.5. The molecule has 8 nitrogen and oxygen atoms in total. The summed E-state index contributed by atoms with van der Waals surface area (Å²) in [5.41, 5.74) is 4.09. The molecule has 0 aliphatic carbocycles. The number of anilines is 2. The third-order valence-electron chi connectivity index (χ3n) is 9.89. The minimum absolute atomic E-state index is 0.204. The topological polar surface area (TPSA) is 81.2 Å². The van der Waals surface area contributed by atoms with Gasteiger partial charge in [0.1, 0.15) is 12.1 Å². The highest BCUT2D eigenvalue weighted by Crippen LogP contribution is 2.60. The van der Waals surface area contributed by atoms with Crippen molar-refractivity contribution >= 4 is 81.4 Å². The molecule has 4 fully saturated rings. The number of fused-ring (bicyclic) bond motifs is 5. The van der Waals surface area contributed by atoms with Crippen LogP contribution in [-0.4, -0.2) is 45.7 Å². The number of aryl methyl sites for hydroxylation is 2. The molecule has 0 radical (unpaired) electrons. The average Bonchev–Trinajstić information content (AvgIpc) is 3.72. The SMILES string of the molecule is Cc1ccc(C2C3C(=O)N(c4ccc(Cl)c(Cl)c4)C(=O)C3N3C(c4ccc(C)cc4)C4C(=O)N(c5ccc(Cl)c(Cl)c5)C(=O)C4N23)cc1. The molecule has 0 spiro atoms. The fraction of sp³-hybridized carbons (Fsp3) is 0.222. The van der Waals surface area contributed by atoms with Crippen LogP contribution < -0.4 is 9.80 Å². The molecule has 4 aliphatic rings. The van der Waals surface area contributed by atoms with Crippen molar-refractivity contribution in [2.45, 2.75) is 38.0 Å². The third-order valence-corrected chi connectivity index (χ3v) is 11.4. The zero-order valence-corrected chi connectivity index (χ0v) is 28.5. The second-order valence-electron chi connectivity index (χ2n) is 12.6. The van der Waals surface area contributed by atoms with E-state index in [2.05, 4.69) is 0 Å². The molecule has 0 N–H and O–H groups in total. The van der Waals surface area contributed by atoms with Crippen molar-refractivity contribution in [3.63, 3.8) is 0 Å². The number of carbonyl (C=O) groups excluding carboxylic acids is 4. The molecule has 8 rings (SSSR count). The Bertz CT molecular complexity index is 1910. The van der Waals surface area contributed by atoms with Crippen molar-refractivity contribution in [3.05, 3.63) is 127 Å². The molecule has 0 aromatic heterocycles. The van der Waals surface area contributed by atoms with Crippen molar-refractivity contribution in [1.82, 2.24) is 10.0 Å². The fourth-order valence-electron chi connectivity index (χ4n) is 7.78. The summed E-state index contributed by atoms with van der Waals surface area (Å²) in [5.74, 6) is -3.60. The molecule has 6 atom stereocenters. The van der Waals surface area contributed by atoms with E-state index in [-0.39, 0.29) is 10.0 Å². The highest BCUT2D eigenvalue weighted by Gasteiger charge is 2.73. The normalized spacial score (nSPS) is 26.9. The van der Waals surface area contributed by atoms with E-state index in [9.17, 15) is 19.2 Å². The number of amides is 4. The van der Waals surface area contributed by atoms with E-state index in [1.807, 2.05) is 72.4 Å². The molecule has 48 heavy (non-hydrogen) atoms. The van der Waals surface area contributed by atoms with Gasteiger partial charge in [-0.25, -0.2) is 19.8 Å². The number of carbonyl (C=O) groups is 4. The van der Waals surface area contributed by atoms with Gasteiger partial charge in [-0.1, -0.05) is 106 Å². The van der Waals surface area contributed by atoms with Crippen molar-refractivity contribution in [2.24, 2.45) is 11.8 Å². The number of hydrogen-bond donors (Lipinski definition) is 0. The fourth-order valence-corrected chi connectivity index (χ4v) is 8.37. The van der Waals surface area contributed by atoms with Crippen LogP contribution in [0.3, 0.4) is 0 Å². The van der Waals surface area contributed by atoms with E-state index < -0.39 is 59.6 Å². The Morgan fingerprint density at radius 3 is 1.12 bits per heavy atom. The highest BCUT2D eigenvalue weighted by atomic mass is 35.5. The minimum atomic E-state index is -1.01. The van der Waals surface area contributed by atoms with Gasteiger partial charge in [0.15, 0.2) is 0 Å². The lowest BCUT2D eigenvalue weighted by Crippen LogP contribution is -2.50. The van der Waals surface area contributed by atoms with Crippen molar-refractivity contribution in [1.29, 1.82) is 0 Å². The van der Waals surface area contributed by atoms with Gasteiger partial charge in [-0.2, -0.15) is 0 Å². The van der Waals surface area contributed by atoms with Gasteiger partial charge < -0.3 is 0 Å². The van der Waals surface area contributed by atoms with Gasteiger partial charge in [0.05, 0.1) is 55.4 Å². The molecule has 4 amide bonds. The average molecular weight is 720 g/mol. The summed E-state index contributed by atoms with van der Waals surface area (Å²) in [6.07, 6.45) is 0. The first-order chi connectivity index (χ1) is 23.0. The second kappa shape index (κ2) is 11.4. The summed E-state index contributed by atoms with van der Waals surface area (Å²) in [6, 6.07) is 21.1. The summed E-state index contributed by atoms with van der Waals surface area (Å²) in [7, 11) is 0. The van der Waals surface area contributed by atoms with Crippen LogP contribution in [0.15, 0.2) is 84.9 Å². The van der Waals surface area contributed by atoms with Crippen LogP contribution >= 0.6 is 46.4 Å². The van der Waals surface area contributed by atoms with Crippen LogP contribution in [0.2, 0.25) is 20.1 Å². The predicted molar refractivity (Wildman–Crippen MR) is 184 cm³/mol. The third kappa shape index (κ3) is 4.51. The summed E-state index contributed by atoms with van der Waals surface area (Å²) >= 11 is 25.0. The lowest BCUT2D eigenvalue weighted by Gasteiger charge is -2.35. The summed E-state index contributed by atoms with van der Waals surface area (Å²) in [6.45, 7) is 3.91. The molecule has 4 saturated heterocycles. The second-order valence-corrected chi connectivity index (χ2v) is 14.3.